The van der Waals surface area contributed by atoms with E-state index in [1.807, 2.05) is 31.2 Å². The second-order valence-corrected chi connectivity index (χ2v) is 6.03. The van der Waals surface area contributed by atoms with E-state index in [2.05, 4.69) is 0 Å². The second kappa shape index (κ2) is 10.6. The lowest BCUT2D eigenvalue weighted by molar-refractivity contribution is -0.384. The van der Waals surface area contributed by atoms with Crippen molar-refractivity contribution in [3.8, 4) is 11.5 Å². The first-order valence-corrected chi connectivity index (χ1v) is 8.87. The van der Waals surface area contributed by atoms with Gasteiger partial charge in [-0.3, -0.25) is 14.9 Å². The molecule has 9 nitrogen and oxygen atoms in total. The SMILES string of the molecule is CCOc1ccc(CN(C)C(=O)COC(=O)COc2ccc([N+](=O)[O-])cc2)cc1. The summed E-state index contributed by atoms with van der Waals surface area (Å²) < 4.78 is 15.5. The number of nitro groups is 1. The summed E-state index contributed by atoms with van der Waals surface area (Å²) in [5.74, 6) is -0.0348. The highest BCUT2D eigenvalue weighted by molar-refractivity contribution is 5.80. The van der Waals surface area contributed by atoms with Gasteiger partial charge in [-0.1, -0.05) is 12.1 Å². The largest absolute Gasteiger partial charge is 0.494 e. The smallest absolute Gasteiger partial charge is 0.344 e. The van der Waals surface area contributed by atoms with Gasteiger partial charge in [0.15, 0.2) is 13.2 Å². The molecule has 0 saturated heterocycles. The Balaban J connectivity index is 1.72. The molecule has 0 saturated carbocycles. The van der Waals surface area contributed by atoms with Crippen LogP contribution in [0.2, 0.25) is 0 Å². The molecule has 0 aromatic heterocycles. The second-order valence-electron chi connectivity index (χ2n) is 6.03. The third-order valence-electron chi connectivity index (χ3n) is 3.84. The molecule has 0 aliphatic carbocycles. The molecule has 9 heteroatoms. The predicted molar refractivity (Wildman–Crippen MR) is 104 cm³/mol. The molecule has 0 spiro atoms. The zero-order chi connectivity index (χ0) is 21.2. The number of likely N-dealkylation sites (N-methyl/N-ethyl adjacent to an activating group) is 1. The Hall–Kier alpha value is -3.62. The molecule has 2 aromatic rings. The average Bonchev–Trinajstić information content (AvgIpc) is 2.72. The van der Waals surface area contributed by atoms with Gasteiger partial charge in [0.1, 0.15) is 11.5 Å². The highest BCUT2D eigenvalue weighted by Crippen LogP contribution is 2.17. The van der Waals surface area contributed by atoms with Gasteiger partial charge in [-0.2, -0.15) is 0 Å². The van der Waals surface area contributed by atoms with E-state index in [-0.39, 0.29) is 17.3 Å². The van der Waals surface area contributed by atoms with Crippen LogP contribution >= 0.6 is 0 Å². The topological polar surface area (TPSA) is 108 Å². The van der Waals surface area contributed by atoms with Crippen molar-refractivity contribution in [2.24, 2.45) is 0 Å². The maximum Gasteiger partial charge on any atom is 0.344 e. The zero-order valence-corrected chi connectivity index (χ0v) is 16.2. The lowest BCUT2D eigenvalue weighted by Gasteiger charge is -2.17. The zero-order valence-electron chi connectivity index (χ0n) is 16.2. The number of nitrogens with zero attached hydrogens (tertiary/aromatic N) is 2. The summed E-state index contributed by atoms with van der Waals surface area (Å²) in [6.45, 7) is 2.03. The molecule has 0 unspecified atom stereocenters. The molecular formula is C20H22N2O7. The van der Waals surface area contributed by atoms with Gasteiger partial charge in [0.05, 0.1) is 11.5 Å². The number of rotatable bonds is 10. The summed E-state index contributed by atoms with van der Waals surface area (Å²) in [6.07, 6.45) is 0. The minimum Gasteiger partial charge on any atom is -0.494 e. The van der Waals surface area contributed by atoms with Gasteiger partial charge < -0.3 is 19.1 Å². The lowest BCUT2D eigenvalue weighted by atomic mass is 10.2. The Labute approximate surface area is 167 Å². The molecule has 0 atom stereocenters. The number of nitro benzene ring substituents is 1. The van der Waals surface area contributed by atoms with Gasteiger partial charge in [0, 0.05) is 25.7 Å². The molecule has 0 aliphatic heterocycles. The van der Waals surface area contributed by atoms with E-state index in [1.165, 1.54) is 29.2 Å². The first kappa shape index (κ1) is 21.7. The Morgan fingerprint density at radius 2 is 1.55 bits per heavy atom. The monoisotopic (exact) mass is 402 g/mol. The molecule has 0 N–H and O–H groups in total. The standard InChI is InChI=1S/C20H22N2O7/c1-3-27-17-8-4-15(5-9-17)12-21(2)19(23)13-29-20(24)14-28-18-10-6-16(7-11-18)22(25)26/h4-11H,3,12-14H2,1-2H3. The van der Waals surface area contributed by atoms with Crippen LogP contribution in [-0.2, 0) is 20.9 Å². The van der Waals surface area contributed by atoms with Crippen molar-refractivity contribution in [2.45, 2.75) is 13.5 Å². The highest BCUT2D eigenvalue weighted by Gasteiger charge is 2.13. The summed E-state index contributed by atoms with van der Waals surface area (Å²) in [7, 11) is 1.61. The van der Waals surface area contributed by atoms with Gasteiger partial charge in [-0.05, 0) is 36.8 Å². The number of non-ortho nitro benzene ring substituents is 1. The fourth-order valence-corrected chi connectivity index (χ4v) is 2.32. The van der Waals surface area contributed by atoms with E-state index in [0.29, 0.717) is 13.2 Å². The number of ether oxygens (including phenoxy) is 3. The summed E-state index contributed by atoms with van der Waals surface area (Å²) in [5.41, 5.74) is 0.832. The number of esters is 1. The molecule has 154 valence electrons. The number of benzene rings is 2. The van der Waals surface area contributed by atoms with Crippen molar-refractivity contribution in [3.05, 3.63) is 64.2 Å². The van der Waals surface area contributed by atoms with E-state index in [9.17, 15) is 19.7 Å². The lowest BCUT2D eigenvalue weighted by Crippen LogP contribution is -2.31. The van der Waals surface area contributed by atoms with Crippen LogP contribution in [0, 0.1) is 10.1 Å². The molecule has 2 aromatic carbocycles. The summed E-state index contributed by atoms with van der Waals surface area (Å²) >= 11 is 0. The molecule has 0 bridgehead atoms. The molecule has 2 rings (SSSR count). The van der Waals surface area contributed by atoms with Crippen LogP contribution in [0.15, 0.2) is 48.5 Å². The minimum atomic E-state index is -0.717. The van der Waals surface area contributed by atoms with Crippen molar-refractivity contribution in [2.75, 3.05) is 26.9 Å². The number of amides is 1. The molecule has 0 aliphatic rings. The van der Waals surface area contributed by atoms with Crippen molar-refractivity contribution in [1.82, 2.24) is 4.90 Å². The van der Waals surface area contributed by atoms with Crippen LogP contribution in [0.1, 0.15) is 12.5 Å². The van der Waals surface area contributed by atoms with Crippen LogP contribution in [0.3, 0.4) is 0 Å². The molecule has 1 amide bonds. The van der Waals surface area contributed by atoms with Gasteiger partial charge in [0.2, 0.25) is 0 Å². The van der Waals surface area contributed by atoms with Gasteiger partial charge in [-0.15, -0.1) is 0 Å². The molecular weight excluding hydrogens is 380 g/mol. The molecule has 29 heavy (non-hydrogen) atoms. The van der Waals surface area contributed by atoms with Crippen molar-refractivity contribution < 1.29 is 28.7 Å². The maximum absolute atomic E-state index is 12.1. The minimum absolute atomic E-state index is 0.0823. The Morgan fingerprint density at radius 3 is 2.14 bits per heavy atom. The van der Waals surface area contributed by atoms with Crippen molar-refractivity contribution >= 4 is 17.6 Å². The summed E-state index contributed by atoms with van der Waals surface area (Å²) in [5, 5.41) is 10.6. The van der Waals surface area contributed by atoms with Crippen molar-refractivity contribution in [1.29, 1.82) is 0 Å². The average molecular weight is 402 g/mol. The highest BCUT2D eigenvalue weighted by atomic mass is 16.6. The molecule has 0 radical (unpaired) electrons. The Bertz CT molecular complexity index is 835. The van der Waals surface area contributed by atoms with Gasteiger partial charge in [0.25, 0.3) is 11.6 Å². The van der Waals surface area contributed by atoms with E-state index in [1.54, 1.807) is 7.05 Å². The van der Waals surface area contributed by atoms with Crippen molar-refractivity contribution in [3.63, 3.8) is 0 Å². The summed E-state index contributed by atoms with van der Waals surface area (Å²) in [4.78, 5) is 35.4. The summed E-state index contributed by atoms with van der Waals surface area (Å²) in [6, 6.07) is 12.7. The maximum atomic E-state index is 12.1. The van der Waals surface area contributed by atoms with Crippen LogP contribution < -0.4 is 9.47 Å². The van der Waals surface area contributed by atoms with Crippen LogP contribution in [0.5, 0.6) is 11.5 Å². The fourth-order valence-electron chi connectivity index (χ4n) is 2.32. The van der Waals surface area contributed by atoms with E-state index < -0.39 is 24.1 Å². The third kappa shape index (κ3) is 7.13. The van der Waals surface area contributed by atoms with Gasteiger partial charge in [-0.25, -0.2) is 4.79 Å². The number of carbonyl (C=O) groups excluding carboxylic acids is 2. The Kier molecular flexibility index (Phi) is 7.96. The number of hydrogen-bond acceptors (Lipinski definition) is 7. The quantitative estimate of drug-likeness (QED) is 0.341. The van der Waals surface area contributed by atoms with Crippen LogP contribution in [0.25, 0.3) is 0 Å². The number of hydrogen-bond donors (Lipinski definition) is 0. The predicted octanol–water partition coefficient (Wildman–Crippen LogP) is 2.57. The first-order valence-electron chi connectivity index (χ1n) is 8.87. The molecule has 0 fully saturated rings. The van der Waals surface area contributed by atoms with E-state index >= 15 is 0 Å². The molecule has 0 heterocycles. The van der Waals surface area contributed by atoms with E-state index in [4.69, 9.17) is 14.2 Å². The van der Waals surface area contributed by atoms with E-state index in [0.717, 1.165) is 11.3 Å². The van der Waals surface area contributed by atoms with Gasteiger partial charge >= 0.3 is 5.97 Å². The number of carbonyl (C=O) groups is 2. The fraction of sp³-hybridized carbons (Fsp3) is 0.300. The Morgan fingerprint density at radius 1 is 0.966 bits per heavy atom. The third-order valence-corrected chi connectivity index (χ3v) is 3.84. The van der Waals surface area contributed by atoms with Crippen LogP contribution in [-0.4, -0.2) is 48.6 Å². The normalized spacial score (nSPS) is 10.1. The van der Waals surface area contributed by atoms with Crippen LogP contribution in [0.4, 0.5) is 5.69 Å². The first-order chi connectivity index (χ1) is 13.9.